The highest BCUT2D eigenvalue weighted by Crippen LogP contribution is 2.36. The molecule has 0 spiro atoms. The molecule has 2 atom stereocenters. The molecule has 1 aliphatic heterocycles. The first-order chi connectivity index (χ1) is 10.1. The number of halogens is 1. The van der Waals surface area contributed by atoms with E-state index in [2.05, 4.69) is 4.90 Å². The SMILES string of the molecule is NC(=S)c1cc(CN2CCC[C@H]3CCCC[C@H]32)ccc1F. The Labute approximate surface area is 131 Å². The minimum Gasteiger partial charge on any atom is -0.389 e. The second-order valence-corrected chi connectivity index (χ2v) is 6.84. The lowest BCUT2D eigenvalue weighted by Gasteiger charge is -2.44. The Morgan fingerprint density at radius 2 is 2.00 bits per heavy atom. The molecule has 0 aromatic heterocycles. The number of piperidine rings is 1. The summed E-state index contributed by atoms with van der Waals surface area (Å²) < 4.78 is 13.7. The lowest BCUT2D eigenvalue weighted by Crippen LogP contribution is -2.46. The van der Waals surface area contributed by atoms with Crippen LogP contribution in [0.15, 0.2) is 18.2 Å². The van der Waals surface area contributed by atoms with Crippen LogP contribution >= 0.6 is 12.2 Å². The lowest BCUT2D eigenvalue weighted by molar-refractivity contribution is 0.0547. The Hall–Kier alpha value is -1.00. The average Bonchev–Trinajstić information content (AvgIpc) is 2.49. The maximum Gasteiger partial charge on any atom is 0.133 e. The maximum atomic E-state index is 13.7. The molecule has 0 radical (unpaired) electrons. The predicted octanol–water partition coefficient (Wildman–Crippen LogP) is 3.61. The summed E-state index contributed by atoms with van der Waals surface area (Å²) in [4.78, 5) is 2.73. The smallest absolute Gasteiger partial charge is 0.133 e. The topological polar surface area (TPSA) is 29.3 Å². The number of nitrogens with two attached hydrogens (primary N) is 1. The van der Waals surface area contributed by atoms with Crippen LogP contribution in [0.3, 0.4) is 0 Å². The molecule has 1 heterocycles. The predicted molar refractivity (Wildman–Crippen MR) is 87.7 cm³/mol. The summed E-state index contributed by atoms with van der Waals surface area (Å²) >= 11 is 4.93. The molecule has 1 saturated carbocycles. The van der Waals surface area contributed by atoms with Gasteiger partial charge in [0.05, 0.1) is 0 Å². The zero-order chi connectivity index (χ0) is 14.8. The van der Waals surface area contributed by atoms with Gasteiger partial charge in [-0.15, -0.1) is 0 Å². The van der Waals surface area contributed by atoms with Crippen molar-refractivity contribution in [1.82, 2.24) is 4.90 Å². The van der Waals surface area contributed by atoms with E-state index >= 15 is 0 Å². The molecule has 2 nitrogen and oxygen atoms in total. The summed E-state index contributed by atoms with van der Waals surface area (Å²) in [6, 6.07) is 5.89. The van der Waals surface area contributed by atoms with Gasteiger partial charge in [0.25, 0.3) is 0 Å². The molecule has 0 amide bonds. The van der Waals surface area contributed by atoms with Crippen LogP contribution in [-0.4, -0.2) is 22.5 Å². The molecular weight excluding hydrogens is 283 g/mol. The Morgan fingerprint density at radius 1 is 1.24 bits per heavy atom. The van der Waals surface area contributed by atoms with E-state index in [4.69, 9.17) is 18.0 Å². The van der Waals surface area contributed by atoms with Gasteiger partial charge in [-0.25, -0.2) is 4.39 Å². The fraction of sp³-hybridized carbons (Fsp3) is 0.588. The van der Waals surface area contributed by atoms with Gasteiger partial charge in [-0.1, -0.05) is 31.1 Å². The third-order valence-corrected chi connectivity index (χ3v) is 5.26. The standard InChI is InChI=1S/C17H23FN2S/c18-15-8-7-12(10-14(15)17(19)21)11-20-9-3-5-13-4-1-2-6-16(13)20/h7-8,10,13,16H,1-6,9,11H2,(H2,19,21)/t13-,16-/m1/s1. The Morgan fingerprint density at radius 3 is 2.81 bits per heavy atom. The largest absolute Gasteiger partial charge is 0.389 e. The van der Waals surface area contributed by atoms with Crippen LogP contribution in [0.5, 0.6) is 0 Å². The number of benzene rings is 1. The molecule has 0 bridgehead atoms. The van der Waals surface area contributed by atoms with E-state index in [9.17, 15) is 4.39 Å². The summed E-state index contributed by atoms with van der Waals surface area (Å²) in [6.45, 7) is 2.04. The van der Waals surface area contributed by atoms with Crippen molar-refractivity contribution in [2.24, 2.45) is 11.7 Å². The fourth-order valence-electron chi connectivity index (χ4n) is 4.02. The minimum absolute atomic E-state index is 0.142. The number of nitrogens with zero attached hydrogens (tertiary/aromatic N) is 1. The van der Waals surface area contributed by atoms with Gasteiger partial charge in [0.15, 0.2) is 0 Å². The van der Waals surface area contributed by atoms with Gasteiger partial charge in [-0.05, 0) is 55.8 Å². The summed E-state index contributed by atoms with van der Waals surface area (Å²) in [6.07, 6.45) is 8.08. The molecule has 0 unspecified atom stereocenters. The third-order valence-electron chi connectivity index (χ3n) is 5.04. The third kappa shape index (κ3) is 3.27. The first kappa shape index (κ1) is 14.9. The fourth-order valence-corrected chi connectivity index (χ4v) is 4.17. The van der Waals surface area contributed by atoms with E-state index < -0.39 is 0 Å². The molecule has 2 N–H and O–H groups in total. The molecule has 4 heteroatoms. The first-order valence-electron chi connectivity index (χ1n) is 7.97. The van der Waals surface area contributed by atoms with Crippen molar-refractivity contribution in [3.63, 3.8) is 0 Å². The van der Waals surface area contributed by atoms with E-state index in [1.807, 2.05) is 12.1 Å². The molecule has 2 fully saturated rings. The summed E-state index contributed by atoms with van der Waals surface area (Å²) in [5.74, 6) is 0.545. The number of rotatable bonds is 3. The number of likely N-dealkylation sites (tertiary alicyclic amines) is 1. The van der Waals surface area contributed by atoms with Crippen LogP contribution in [0, 0.1) is 11.7 Å². The van der Waals surface area contributed by atoms with Crippen molar-refractivity contribution in [3.8, 4) is 0 Å². The van der Waals surface area contributed by atoms with Crippen LogP contribution in [0.1, 0.15) is 49.7 Å². The van der Waals surface area contributed by atoms with Crippen molar-refractivity contribution in [2.75, 3.05) is 6.54 Å². The van der Waals surface area contributed by atoms with Crippen molar-refractivity contribution in [1.29, 1.82) is 0 Å². The molecule has 1 aromatic carbocycles. The van der Waals surface area contributed by atoms with Crippen LogP contribution in [0.25, 0.3) is 0 Å². The quantitative estimate of drug-likeness (QED) is 0.865. The molecule has 1 aromatic rings. The molecule has 3 rings (SSSR count). The molecule has 114 valence electrons. The number of hydrogen-bond donors (Lipinski definition) is 1. The van der Waals surface area contributed by atoms with Gasteiger partial charge in [0, 0.05) is 18.2 Å². The highest BCUT2D eigenvalue weighted by atomic mass is 32.1. The summed E-state index contributed by atoms with van der Waals surface area (Å²) in [5, 5.41) is 0. The van der Waals surface area contributed by atoms with E-state index in [1.54, 1.807) is 0 Å². The normalized spacial score (nSPS) is 26.3. The second kappa shape index (κ2) is 6.41. The van der Waals surface area contributed by atoms with E-state index in [0.717, 1.165) is 24.6 Å². The van der Waals surface area contributed by atoms with Crippen LogP contribution in [-0.2, 0) is 6.54 Å². The molecule has 2 aliphatic rings. The van der Waals surface area contributed by atoms with Crippen LogP contribution in [0.4, 0.5) is 4.39 Å². The van der Waals surface area contributed by atoms with Gasteiger partial charge < -0.3 is 5.73 Å². The zero-order valence-corrected chi connectivity index (χ0v) is 13.2. The molecule has 1 aliphatic carbocycles. The van der Waals surface area contributed by atoms with E-state index in [0.29, 0.717) is 11.6 Å². The second-order valence-electron chi connectivity index (χ2n) is 6.40. The zero-order valence-electron chi connectivity index (χ0n) is 12.4. The van der Waals surface area contributed by atoms with Crippen molar-refractivity contribution < 1.29 is 4.39 Å². The van der Waals surface area contributed by atoms with Gasteiger partial charge in [0.2, 0.25) is 0 Å². The molecular formula is C17H23FN2S. The number of hydrogen-bond acceptors (Lipinski definition) is 2. The Bertz CT molecular complexity index is 530. The van der Waals surface area contributed by atoms with Crippen LogP contribution < -0.4 is 5.73 Å². The highest BCUT2D eigenvalue weighted by molar-refractivity contribution is 7.80. The summed E-state index contributed by atoms with van der Waals surface area (Å²) in [7, 11) is 0. The lowest BCUT2D eigenvalue weighted by atomic mass is 9.78. The van der Waals surface area contributed by atoms with Crippen molar-refractivity contribution in [2.45, 2.75) is 51.1 Å². The average molecular weight is 306 g/mol. The Kier molecular flexibility index (Phi) is 4.55. The van der Waals surface area contributed by atoms with Gasteiger partial charge >= 0.3 is 0 Å². The monoisotopic (exact) mass is 306 g/mol. The van der Waals surface area contributed by atoms with Crippen molar-refractivity contribution in [3.05, 3.63) is 35.1 Å². The van der Waals surface area contributed by atoms with Gasteiger partial charge in [-0.2, -0.15) is 0 Å². The van der Waals surface area contributed by atoms with E-state index in [-0.39, 0.29) is 10.8 Å². The van der Waals surface area contributed by atoms with Crippen LogP contribution in [0.2, 0.25) is 0 Å². The minimum atomic E-state index is -0.319. The van der Waals surface area contributed by atoms with Crippen molar-refractivity contribution >= 4 is 17.2 Å². The maximum absolute atomic E-state index is 13.7. The van der Waals surface area contributed by atoms with Gasteiger partial charge in [0.1, 0.15) is 10.8 Å². The number of fused-ring (bicyclic) bond motifs is 1. The van der Waals surface area contributed by atoms with E-state index in [1.165, 1.54) is 44.6 Å². The Balaban J connectivity index is 1.76. The molecule has 21 heavy (non-hydrogen) atoms. The number of thiocarbonyl (C=S) groups is 1. The first-order valence-corrected chi connectivity index (χ1v) is 8.38. The highest BCUT2D eigenvalue weighted by Gasteiger charge is 2.32. The molecule has 1 saturated heterocycles. The summed E-state index contributed by atoms with van der Waals surface area (Å²) in [5.41, 5.74) is 7.09. The van der Waals surface area contributed by atoms with Gasteiger partial charge in [-0.3, -0.25) is 4.90 Å².